The lowest BCUT2D eigenvalue weighted by Gasteiger charge is -2.31. The third kappa shape index (κ3) is 18.0. The molecule has 2 unspecified atom stereocenters. The van der Waals surface area contributed by atoms with Gasteiger partial charge >= 0.3 is 11.9 Å². The van der Waals surface area contributed by atoms with Crippen molar-refractivity contribution in [2.75, 3.05) is 26.4 Å². The second kappa shape index (κ2) is 27.2. The van der Waals surface area contributed by atoms with E-state index in [0.29, 0.717) is 15.8 Å². The first-order valence-corrected chi connectivity index (χ1v) is 21.5. The van der Waals surface area contributed by atoms with Gasteiger partial charge in [-0.05, 0) is 25.7 Å². The molecule has 6 nitrogen and oxygen atoms in total. The van der Waals surface area contributed by atoms with Crippen LogP contribution in [-0.4, -0.2) is 38.4 Å². The van der Waals surface area contributed by atoms with Crippen molar-refractivity contribution in [3.63, 3.8) is 0 Å². The molecule has 284 valence electrons. The summed E-state index contributed by atoms with van der Waals surface area (Å²) in [6.07, 6.45) is 26.9. The molecule has 2 heterocycles. The summed E-state index contributed by atoms with van der Waals surface area (Å²) in [4.78, 5) is 27.3. The molecule has 1 aromatic heterocycles. The number of carbonyl (C=O) groups is 2. The summed E-state index contributed by atoms with van der Waals surface area (Å²) in [5.41, 5.74) is -0.828. The Hall–Kier alpha value is -1.47. The highest BCUT2D eigenvalue weighted by molar-refractivity contribution is 7.15. The Morgan fingerprint density at radius 3 is 1.43 bits per heavy atom. The summed E-state index contributed by atoms with van der Waals surface area (Å²) in [7, 11) is 0. The van der Waals surface area contributed by atoms with Gasteiger partial charge in [0.1, 0.15) is 36.2 Å². The largest absolute Gasteiger partial charge is 0.488 e. The van der Waals surface area contributed by atoms with Crippen molar-refractivity contribution in [1.29, 1.82) is 0 Å². The van der Waals surface area contributed by atoms with Crippen molar-refractivity contribution in [3.05, 3.63) is 9.72 Å². The number of ether oxygens (including phenoxy) is 4. The molecule has 0 radical (unpaired) electrons. The topological polar surface area (TPSA) is 71.1 Å². The van der Waals surface area contributed by atoms with Gasteiger partial charge in [-0.15, -0.1) is 11.3 Å². The lowest BCUT2D eigenvalue weighted by molar-refractivity contribution is -0.162. The van der Waals surface area contributed by atoms with E-state index in [1.54, 1.807) is 0 Å². The molecular weight excluding hydrogens is 656 g/mol. The average molecular weight is 728 g/mol. The van der Waals surface area contributed by atoms with Crippen molar-refractivity contribution in [3.8, 4) is 11.5 Å². The van der Waals surface area contributed by atoms with Crippen LogP contribution in [0.25, 0.3) is 0 Å². The normalized spacial score (nSPS) is 17.0. The summed E-state index contributed by atoms with van der Waals surface area (Å²) < 4.78 is 25.2. The zero-order chi connectivity index (χ0) is 35.6. The second-order valence-electron chi connectivity index (χ2n) is 14.7. The monoisotopic (exact) mass is 726 g/mol. The quantitative estimate of drug-likeness (QED) is 0.0580. The summed E-state index contributed by atoms with van der Waals surface area (Å²) >= 11 is 7.79. The number of hydrogen-bond donors (Lipinski definition) is 0. The molecule has 2 rings (SSSR count). The van der Waals surface area contributed by atoms with E-state index < -0.39 is 5.41 Å². The van der Waals surface area contributed by atoms with E-state index in [9.17, 15) is 9.59 Å². The fourth-order valence-corrected chi connectivity index (χ4v) is 7.60. The van der Waals surface area contributed by atoms with Crippen molar-refractivity contribution in [1.82, 2.24) is 0 Å². The van der Waals surface area contributed by atoms with Crippen molar-refractivity contribution < 1.29 is 28.5 Å². The van der Waals surface area contributed by atoms with Crippen LogP contribution in [0.2, 0.25) is 4.34 Å². The van der Waals surface area contributed by atoms with Gasteiger partial charge in [0.05, 0.1) is 11.8 Å². The number of halogens is 1. The van der Waals surface area contributed by atoms with E-state index in [2.05, 4.69) is 27.7 Å². The van der Waals surface area contributed by atoms with Gasteiger partial charge in [0.2, 0.25) is 0 Å². The SMILES string of the molecule is CCCCCCCCC(CCCCCC)C(=O)OCC1(COC(=O)C(CCCCCC)CCCCCCCC)COc2csc(Cl)c2OC1. The van der Waals surface area contributed by atoms with E-state index in [1.807, 2.05) is 5.38 Å². The predicted octanol–water partition coefficient (Wildman–Crippen LogP) is 12.9. The van der Waals surface area contributed by atoms with E-state index in [-0.39, 0.29) is 50.2 Å². The summed E-state index contributed by atoms with van der Waals surface area (Å²) in [6, 6.07) is 0. The van der Waals surface area contributed by atoms with Gasteiger partial charge in [-0.1, -0.05) is 168 Å². The second-order valence-corrected chi connectivity index (χ2v) is 16.2. The Morgan fingerprint density at radius 1 is 0.633 bits per heavy atom. The first-order valence-electron chi connectivity index (χ1n) is 20.2. The number of hydrogen-bond acceptors (Lipinski definition) is 7. The van der Waals surface area contributed by atoms with Crippen LogP contribution in [0, 0.1) is 17.3 Å². The van der Waals surface area contributed by atoms with Crippen molar-refractivity contribution >= 4 is 34.9 Å². The Bertz CT molecular complexity index is 949. The number of thiophene rings is 1. The van der Waals surface area contributed by atoms with Gasteiger partial charge in [-0.2, -0.15) is 0 Å². The lowest BCUT2D eigenvalue weighted by Crippen LogP contribution is -2.44. The molecule has 0 amide bonds. The van der Waals surface area contributed by atoms with Crippen molar-refractivity contribution in [2.45, 2.75) is 182 Å². The molecule has 0 N–H and O–H groups in total. The van der Waals surface area contributed by atoms with Crippen LogP contribution in [-0.2, 0) is 19.1 Å². The predicted molar refractivity (Wildman–Crippen MR) is 205 cm³/mol. The molecule has 0 aromatic carbocycles. The third-order valence-corrected chi connectivity index (χ3v) is 11.2. The summed E-state index contributed by atoms with van der Waals surface area (Å²) in [6.45, 7) is 9.44. The number of fused-ring (bicyclic) bond motifs is 1. The number of esters is 2. The molecule has 2 atom stereocenters. The molecule has 0 saturated carbocycles. The smallest absolute Gasteiger partial charge is 0.308 e. The number of carbonyl (C=O) groups excluding carboxylic acids is 2. The minimum atomic E-state index is -0.828. The van der Waals surface area contributed by atoms with Crippen LogP contribution < -0.4 is 9.47 Å². The van der Waals surface area contributed by atoms with Gasteiger partial charge in [-0.25, -0.2) is 0 Å². The van der Waals surface area contributed by atoms with E-state index in [1.165, 1.54) is 88.4 Å². The molecule has 1 aliphatic rings. The van der Waals surface area contributed by atoms with Crippen molar-refractivity contribution in [2.24, 2.45) is 17.3 Å². The van der Waals surface area contributed by atoms with Crippen LogP contribution in [0.3, 0.4) is 0 Å². The van der Waals surface area contributed by atoms with Gasteiger partial charge in [0, 0.05) is 5.38 Å². The molecule has 1 aliphatic heterocycles. The molecule has 0 saturated heterocycles. The zero-order valence-corrected chi connectivity index (χ0v) is 33.3. The Morgan fingerprint density at radius 2 is 1.00 bits per heavy atom. The highest BCUT2D eigenvalue weighted by Gasteiger charge is 2.40. The molecule has 49 heavy (non-hydrogen) atoms. The Balaban J connectivity index is 2.10. The summed E-state index contributed by atoms with van der Waals surface area (Å²) in [5.74, 6) is 0.572. The molecular formula is C41H71ClO6S. The average Bonchev–Trinajstić information content (AvgIpc) is 3.36. The van der Waals surface area contributed by atoms with E-state index >= 15 is 0 Å². The maximum Gasteiger partial charge on any atom is 0.308 e. The number of unbranched alkanes of at least 4 members (excludes halogenated alkanes) is 16. The Labute approximate surface area is 309 Å². The minimum absolute atomic E-state index is 0.0744. The van der Waals surface area contributed by atoms with Crippen LogP contribution in [0.1, 0.15) is 182 Å². The molecule has 0 aliphatic carbocycles. The van der Waals surface area contributed by atoms with Crippen LogP contribution in [0.5, 0.6) is 11.5 Å². The molecule has 8 heteroatoms. The van der Waals surface area contributed by atoms with Gasteiger partial charge in [-0.3, -0.25) is 9.59 Å². The maximum atomic E-state index is 13.7. The van der Waals surface area contributed by atoms with Gasteiger partial charge in [0.15, 0.2) is 11.5 Å². The maximum absolute atomic E-state index is 13.7. The Kier molecular flexibility index (Phi) is 24.3. The first kappa shape index (κ1) is 43.7. The molecule has 0 fully saturated rings. The van der Waals surface area contributed by atoms with E-state index in [0.717, 1.165) is 77.0 Å². The van der Waals surface area contributed by atoms with Gasteiger partial charge < -0.3 is 18.9 Å². The first-order chi connectivity index (χ1) is 23.9. The lowest BCUT2D eigenvalue weighted by atomic mass is 9.91. The molecule has 0 bridgehead atoms. The van der Waals surface area contributed by atoms with Crippen LogP contribution >= 0.6 is 22.9 Å². The fraction of sp³-hybridized carbons (Fsp3) is 0.854. The minimum Gasteiger partial charge on any atom is -0.488 e. The number of rotatable bonds is 30. The van der Waals surface area contributed by atoms with Crippen LogP contribution in [0.4, 0.5) is 0 Å². The zero-order valence-electron chi connectivity index (χ0n) is 31.8. The highest BCUT2D eigenvalue weighted by atomic mass is 35.5. The van der Waals surface area contributed by atoms with E-state index in [4.69, 9.17) is 30.5 Å². The van der Waals surface area contributed by atoms with Crippen LogP contribution in [0.15, 0.2) is 5.38 Å². The molecule has 1 aromatic rings. The standard InChI is InChI=1S/C41H71ClO6S/c1-5-9-13-17-19-23-27-34(25-21-15-11-7-3)39(43)47-32-41(30-45-36-29-49-38(42)37(36)46-31-41)33-48-40(44)35(26-22-16-12-8-4)28-24-20-18-14-10-6-2/h29,34-35H,5-28,30-33H2,1-4H3. The summed E-state index contributed by atoms with van der Waals surface area (Å²) in [5, 5.41) is 1.84. The fourth-order valence-electron chi connectivity index (χ4n) is 6.66. The highest BCUT2D eigenvalue weighted by Crippen LogP contribution is 2.44. The third-order valence-electron chi connectivity index (χ3n) is 10.1. The van der Waals surface area contributed by atoms with Gasteiger partial charge in [0.25, 0.3) is 0 Å². The molecule has 0 spiro atoms.